The third-order valence-corrected chi connectivity index (χ3v) is 6.81. The van der Waals surface area contributed by atoms with E-state index in [0.29, 0.717) is 18.8 Å². The van der Waals surface area contributed by atoms with Gasteiger partial charge in [-0.15, -0.1) is 11.8 Å². The Balaban J connectivity index is 1.66. The number of rotatable bonds is 5. The Bertz CT molecular complexity index is 779. The van der Waals surface area contributed by atoms with E-state index in [1.807, 2.05) is 24.3 Å². The van der Waals surface area contributed by atoms with E-state index in [-0.39, 0.29) is 34.9 Å². The molecule has 27 heavy (non-hydrogen) atoms. The summed E-state index contributed by atoms with van der Waals surface area (Å²) in [7, 11) is 1.42. The highest BCUT2D eigenvalue weighted by Gasteiger charge is 2.67. The van der Waals surface area contributed by atoms with E-state index in [9.17, 15) is 14.4 Å². The monoisotopic (exact) mass is 390 g/mol. The van der Waals surface area contributed by atoms with Crippen LogP contribution in [0.2, 0.25) is 0 Å². The number of benzene rings is 1. The van der Waals surface area contributed by atoms with E-state index in [1.165, 1.54) is 25.8 Å². The van der Waals surface area contributed by atoms with Gasteiger partial charge in [0.2, 0.25) is 11.8 Å². The van der Waals surface area contributed by atoms with Gasteiger partial charge in [0, 0.05) is 24.9 Å². The predicted molar refractivity (Wildman–Crippen MR) is 104 cm³/mol. The van der Waals surface area contributed by atoms with Crippen molar-refractivity contribution < 1.29 is 19.1 Å². The second-order valence-corrected chi connectivity index (χ2v) is 9.12. The van der Waals surface area contributed by atoms with Gasteiger partial charge >= 0.3 is 5.97 Å². The number of esters is 1. The van der Waals surface area contributed by atoms with Gasteiger partial charge in [0.1, 0.15) is 0 Å². The molecule has 0 radical (unpaired) electrons. The van der Waals surface area contributed by atoms with Crippen LogP contribution in [-0.4, -0.2) is 48.6 Å². The number of nitrogens with one attached hydrogen (secondary N) is 1. The van der Waals surface area contributed by atoms with Gasteiger partial charge in [-0.05, 0) is 29.9 Å². The standard InChI is InChI=1S/C20H26N2O4S/c1-13(23)21-14-7-5-6-8-15(14)27-10-17(24)22-9-16-19(2,3)11-20(16,12-22)18(25)26-4/h5-8,16H,9-12H2,1-4H3,(H,21,23)/t16-,20+/m1/s1. The normalized spacial score (nSPS) is 25.3. The minimum Gasteiger partial charge on any atom is -0.469 e. The molecule has 2 aliphatic rings. The summed E-state index contributed by atoms with van der Waals surface area (Å²) in [4.78, 5) is 39.2. The van der Waals surface area contributed by atoms with Gasteiger partial charge in [0.15, 0.2) is 0 Å². The molecule has 7 heteroatoms. The minimum absolute atomic E-state index is 0.00565. The van der Waals surface area contributed by atoms with Crippen molar-refractivity contribution in [2.45, 2.75) is 32.1 Å². The average molecular weight is 391 g/mol. The van der Waals surface area contributed by atoms with Crippen LogP contribution < -0.4 is 5.32 Å². The average Bonchev–Trinajstić information content (AvgIpc) is 2.95. The second kappa shape index (κ2) is 7.19. The molecule has 1 heterocycles. The van der Waals surface area contributed by atoms with Crippen LogP contribution in [0, 0.1) is 16.7 Å². The molecule has 0 spiro atoms. The predicted octanol–water partition coefficient (Wildman–Crippen LogP) is 2.78. The van der Waals surface area contributed by atoms with Crippen LogP contribution in [-0.2, 0) is 19.1 Å². The number of nitrogens with zero attached hydrogens (tertiary/aromatic N) is 1. The van der Waals surface area contributed by atoms with Gasteiger partial charge in [-0.25, -0.2) is 0 Å². The first kappa shape index (κ1) is 19.7. The van der Waals surface area contributed by atoms with Crippen molar-refractivity contribution >= 4 is 35.2 Å². The van der Waals surface area contributed by atoms with Crippen molar-refractivity contribution in [1.29, 1.82) is 0 Å². The Labute approximate surface area is 164 Å². The van der Waals surface area contributed by atoms with E-state index in [4.69, 9.17) is 4.74 Å². The molecule has 2 fully saturated rings. The number of ether oxygens (including phenoxy) is 1. The number of para-hydroxylation sites is 1. The maximum absolute atomic E-state index is 12.8. The van der Waals surface area contributed by atoms with Crippen molar-refractivity contribution in [3.8, 4) is 0 Å². The summed E-state index contributed by atoms with van der Waals surface area (Å²) >= 11 is 1.40. The minimum atomic E-state index is -0.549. The van der Waals surface area contributed by atoms with Gasteiger partial charge in [-0.2, -0.15) is 0 Å². The Kier molecular flexibility index (Phi) is 5.25. The summed E-state index contributed by atoms with van der Waals surface area (Å²) in [6.45, 7) is 6.77. The van der Waals surface area contributed by atoms with Crippen molar-refractivity contribution in [3.05, 3.63) is 24.3 Å². The van der Waals surface area contributed by atoms with E-state index >= 15 is 0 Å². The second-order valence-electron chi connectivity index (χ2n) is 8.11. The number of anilines is 1. The molecular formula is C20H26N2O4S. The van der Waals surface area contributed by atoms with Crippen molar-refractivity contribution in [1.82, 2.24) is 4.90 Å². The molecule has 2 atom stereocenters. The third-order valence-electron chi connectivity index (χ3n) is 5.75. The number of methoxy groups -OCH3 is 1. The third kappa shape index (κ3) is 3.57. The summed E-state index contributed by atoms with van der Waals surface area (Å²) < 4.78 is 5.04. The molecule has 1 saturated heterocycles. The summed E-state index contributed by atoms with van der Waals surface area (Å²) in [5, 5.41) is 2.78. The highest BCUT2D eigenvalue weighted by atomic mass is 32.2. The first-order valence-corrected chi connectivity index (χ1v) is 10.0. The largest absolute Gasteiger partial charge is 0.469 e. The highest BCUT2D eigenvalue weighted by molar-refractivity contribution is 8.00. The summed E-state index contributed by atoms with van der Waals surface area (Å²) in [6, 6.07) is 7.43. The quantitative estimate of drug-likeness (QED) is 0.618. The molecule has 146 valence electrons. The van der Waals surface area contributed by atoms with Crippen LogP contribution in [0.4, 0.5) is 5.69 Å². The molecule has 0 bridgehead atoms. The van der Waals surface area contributed by atoms with E-state index in [0.717, 1.165) is 11.3 Å². The summed E-state index contributed by atoms with van der Waals surface area (Å²) in [5.41, 5.74) is 0.192. The smallest absolute Gasteiger partial charge is 0.314 e. The van der Waals surface area contributed by atoms with Crippen LogP contribution in [0.15, 0.2) is 29.2 Å². The summed E-state index contributed by atoms with van der Waals surface area (Å²) in [6.07, 6.45) is 0.750. The Hall–Kier alpha value is -2.02. The number of hydrogen-bond acceptors (Lipinski definition) is 5. The van der Waals surface area contributed by atoms with Gasteiger partial charge in [-0.1, -0.05) is 26.0 Å². The fourth-order valence-corrected chi connectivity index (χ4v) is 5.59. The fourth-order valence-electron chi connectivity index (χ4n) is 4.68. The molecule has 1 aliphatic heterocycles. The Morgan fingerprint density at radius 1 is 1.30 bits per heavy atom. The number of thioether (sulfide) groups is 1. The zero-order valence-corrected chi connectivity index (χ0v) is 17.0. The van der Waals surface area contributed by atoms with Crippen LogP contribution in [0.1, 0.15) is 27.2 Å². The molecule has 6 nitrogen and oxygen atoms in total. The first-order chi connectivity index (χ1) is 12.7. The highest BCUT2D eigenvalue weighted by Crippen LogP contribution is 2.63. The van der Waals surface area contributed by atoms with E-state index in [2.05, 4.69) is 19.2 Å². The molecule has 1 N–H and O–H groups in total. The molecule has 1 aromatic rings. The van der Waals surface area contributed by atoms with Crippen LogP contribution in [0.25, 0.3) is 0 Å². The maximum Gasteiger partial charge on any atom is 0.314 e. The molecule has 0 aromatic heterocycles. The van der Waals surface area contributed by atoms with E-state index in [1.54, 1.807) is 4.90 Å². The topological polar surface area (TPSA) is 75.7 Å². The zero-order chi connectivity index (χ0) is 19.8. The fraction of sp³-hybridized carbons (Fsp3) is 0.550. The number of amides is 2. The number of likely N-dealkylation sites (tertiary alicyclic amines) is 1. The van der Waals surface area contributed by atoms with E-state index < -0.39 is 5.41 Å². The molecule has 2 amide bonds. The van der Waals surface area contributed by atoms with Crippen LogP contribution >= 0.6 is 11.8 Å². The number of carbonyl (C=O) groups is 3. The zero-order valence-electron chi connectivity index (χ0n) is 16.2. The number of carbonyl (C=O) groups excluding carboxylic acids is 3. The molecule has 1 saturated carbocycles. The van der Waals surface area contributed by atoms with Crippen molar-refractivity contribution in [2.24, 2.45) is 16.7 Å². The van der Waals surface area contributed by atoms with Crippen molar-refractivity contribution in [2.75, 3.05) is 31.3 Å². The number of hydrogen-bond donors (Lipinski definition) is 1. The lowest BCUT2D eigenvalue weighted by molar-refractivity contribution is -0.174. The van der Waals surface area contributed by atoms with Gasteiger partial charge in [-0.3, -0.25) is 14.4 Å². The van der Waals surface area contributed by atoms with Crippen LogP contribution in [0.5, 0.6) is 0 Å². The SMILES string of the molecule is COC(=O)[C@@]12CN(C(=O)CSc3ccccc3NC(C)=O)C[C@@H]1C(C)(C)C2. The number of fused-ring (bicyclic) bond motifs is 1. The first-order valence-electron chi connectivity index (χ1n) is 9.05. The molecular weight excluding hydrogens is 364 g/mol. The van der Waals surface area contributed by atoms with Gasteiger partial charge < -0.3 is 15.0 Å². The lowest BCUT2D eigenvalue weighted by Gasteiger charge is -2.54. The van der Waals surface area contributed by atoms with Crippen LogP contribution in [0.3, 0.4) is 0 Å². The Morgan fingerprint density at radius 2 is 2.00 bits per heavy atom. The van der Waals surface area contributed by atoms with Crippen molar-refractivity contribution in [3.63, 3.8) is 0 Å². The lowest BCUT2D eigenvalue weighted by Crippen LogP contribution is -2.57. The lowest BCUT2D eigenvalue weighted by atomic mass is 9.48. The Morgan fingerprint density at radius 3 is 2.63 bits per heavy atom. The molecule has 1 aliphatic carbocycles. The maximum atomic E-state index is 12.8. The molecule has 0 unspecified atom stereocenters. The van der Waals surface area contributed by atoms with Gasteiger partial charge in [0.25, 0.3) is 0 Å². The molecule has 1 aromatic carbocycles. The summed E-state index contributed by atoms with van der Waals surface area (Å²) in [5.74, 6) is 0.0590. The van der Waals surface area contributed by atoms with Gasteiger partial charge in [0.05, 0.1) is 24.0 Å². The molecule has 3 rings (SSSR count).